The van der Waals surface area contributed by atoms with Crippen molar-refractivity contribution in [3.05, 3.63) is 129 Å². The van der Waals surface area contributed by atoms with E-state index in [4.69, 9.17) is 0 Å². The van der Waals surface area contributed by atoms with Crippen LogP contribution in [0.4, 0.5) is 55.3 Å². The van der Waals surface area contributed by atoms with Crippen molar-refractivity contribution in [3.8, 4) is 0 Å². The van der Waals surface area contributed by atoms with Gasteiger partial charge in [0, 0.05) is 94.0 Å². The molecule has 2 saturated heterocycles. The fourth-order valence-corrected chi connectivity index (χ4v) is 11.6. The maximum atomic E-state index is 15.7. The summed E-state index contributed by atoms with van der Waals surface area (Å²) in [4.78, 5) is 13.3. The zero-order chi connectivity index (χ0) is 54.4. The van der Waals surface area contributed by atoms with Crippen LogP contribution in [0.3, 0.4) is 0 Å². The second-order valence-corrected chi connectivity index (χ2v) is 21.3. The number of rotatable bonds is 18. The summed E-state index contributed by atoms with van der Waals surface area (Å²) in [5.74, 6) is -11.4. The third kappa shape index (κ3) is 11.4. The molecule has 2 aromatic heterocycles. The van der Waals surface area contributed by atoms with Gasteiger partial charge in [-0.15, -0.1) is 0 Å². The topological polar surface area (TPSA) is 109 Å². The van der Waals surface area contributed by atoms with Gasteiger partial charge in [0.2, 0.25) is 0 Å². The van der Waals surface area contributed by atoms with Gasteiger partial charge in [-0.25, -0.2) is 43.9 Å². The highest BCUT2D eigenvalue weighted by atomic mass is 19.3. The number of nitrogens with one attached hydrogen (secondary N) is 4. The van der Waals surface area contributed by atoms with E-state index in [1.165, 1.54) is 64.4 Å². The fraction of sp³-hybridized carbons (Fsp3) is 0.500. The maximum absolute atomic E-state index is 15.7. The van der Waals surface area contributed by atoms with Gasteiger partial charge in [0.15, 0.2) is 0 Å². The summed E-state index contributed by atoms with van der Waals surface area (Å²) in [5, 5.41) is 25.7. The molecule has 0 saturated carbocycles. The van der Waals surface area contributed by atoms with Gasteiger partial charge in [0.25, 0.3) is 11.8 Å². The standard InChI is InChI=1S/2C28H33F5N4O/c1-3-4-8-36-12-18(13-36)34-17-10-21(30)25(22(31)11-17)27-26-19(24-20(29)6-5-7-23(24)35-26)9-16(2)37(27)14-28(32,33)15-38;1-3-4-7-36-12-19(13-36)34-18-10-22(30)25(23(31)11-18)27-26-21(20-9-17(29)5-6-24(20)35-26)8-16(2)37(27)14-28(32,33)15-38/h5-7,10-11,16,18,27,34-35,38H,3-4,8-9,12-15H2,1-2H3;5-6,9-11,16,19,27,34-35,38H,3-4,7-8,12-15H2,1-2H3/t2*16-,27-/m11/s1. The summed E-state index contributed by atoms with van der Waals surface area (Å²) in [6, 6.07) is 9.88. The van der Waals surface area contributed by atoms with Crippen molar-refractivity contribution >= 4 is 33.2 Å². The first-order chi connectivity index (χ1) is 36.2. The van der Waals surface area contributed by atoms with Crippen LogP contribution in [0.2, 0.25) is 0 Å². The van der Waals surface area contributed by atoms with Crippen molar-refractivity contribution in [1.82, 2.24) is 29.6 Å². The van der Waals surface area contributed by atoms with Crippen LogP contribution < -0.4 is 10.6 Å². The Morgan fingerprint density at radius 3 is 1.49 bits per heavy atom. The molecule has 0 spiro atoms. The van der Waals surface area contributed by atoms with E-state index in [1.807, 2.05) is 0 Å². The number of aromatic amines is 2. The number of alkyl halides is 4. The van der Waals surface area contributed by atoms with Crippen molar-refractivity contribution in [2.75, 3.05) is 76.2 Å². The Bertz CT molecular complexity index is 2960. The minimum Gasteiger partial charge on any atom is -0.390 e. The Morgan fingerprint density at radius 1 is 0.579 bits per heavy atom. The third-order valence-electron chi connectivity index (χ3n) is 15.5. The first kappa shape index (κ1) is 55.4. The lowest BCUT2D eigenvalue weighted by atomic mass is 9.87. The van der Waals surface area contributed by atoms with Crippen molar-refractivity contribution in [2.24, 2.45) is 0 Å². The molecular formula is C56H66F10N8O2. The van der Waals surface area contributed by atoms with Gasteiger partial charge in [0.1, 0.15) is 48.1 Å². The summed E-state index contributed by atoms with van der Waals surface area (Å²) < 4.78 is 149. The van der Waals surface area contributed by atoms with Crippen LogP contribution in [0, 0.1) is 34.9 Å². The summed E-state index contributed by atoms with van der Waals surface area (Å²) in [6.45, 7) is 8.08. The molecule has 0 unspecified atom stereocenters. The quantitative estimate of drug-likeness (QED) is 0.0473. The van der Waals surface area contributed by atoms with Crippen LogP contribution in [-0.4, -0.2) is 141 Å². The molecule has 6 heterocycles. The SMILES string of the molecule is CCCCN1CC(Nc2cc(F)c([C@@H]3c4[nH]c5ccc(F)cc5c4C[C@@H](C)N3CC(F)(F)CO)c(F)c2)C1.CCCCN1CC(Nc2cc(F)c([C@@H]3c4[nH]c5cccc(F)c5c4C[C@@H](C)N3CC(F)(F)CO)c(F)c2)C1. The van der Waals surface area contributed by atoms with Crippen LogP contribution >= 0.6 is 0 Å². The first-order valence-electron chi connectivity index (χ1n) is 26.2. The zero-order valence-electron chi connectivity index (χ0n) is 43.0. The van der Waals surface area contributed by atoms with Gasteiger partial charge in [-0.3, -0.25) is 19.6 Å². The Kier molecular flexibility index (Phi) is 16.4. The molecule has 4 aliphatic heterocycles. The molecule has 20 heteroatoms. The number of fused-ring (bicyclic) bond motifs is 6. The second kappa shape index (κ2) is 22.5. The molecule has 4 atom stereocenters. The Hall–Kier alpha value is -5.38. The van der Waals surface area contributed by atoms with E-state index in [0.717, 1.165) is 65.0 Å². The van der Waals surface area contributed by atoms with Gasteiger partial charge < -0.3 is 30.8 Å². The van der Waals surface area contributed by atoms with E-state index in [1.54, 1.807) is 19.9 Å². The Balaban J connectivity index is 0.000000186. The number of H-pyrrole nitrogens is 2. The third-order valence-corrected chi connectivity index (χ3v) is 15.5. The molecule has 0 aliphatic carbocycles. The van der Waals surface area contributed by atoms with E-state index in [9.17, 15) is 36.6 Å². The van der Waals surface area contributed by atoms with Crippen LogP contribution in [0.5, 0.6) is 0 Å². The number of hydrogen-bond donors (Lipinski definition) is 6. The van der Waals surface area contributed by atoms with E-state index in [2.05, 4.69) is 44.2 Å². The van der Waals surface area contributed by atoms with E-state index < -0.39 is 97.2 Å². The molecule has 0 radical (unpaired) electrons. The van der Waals surface area contributed by atoms with Crippen LogP contribution in [0.15, 0.2) is 60.7 Å². The van der Waals surface area contributed by atoms with Crippen molar-refractivity contribution in [2.45, 2.75) is 114 Å². The number of aliphatic hydroxyl groups excluding tert-OH is 2. The highest BCUT2D eigenvalue weighted by Crippen LogP contribution is 2.46. The molecule has 0 amide bonds. The summed E-state index contributed by atoms with van der Waals surface area (Å²) >= 11 is 0. The number of likely N-dealkylation sites (tertiary alicyclic amines) is 2. The minimum atomic E-state index is -3.50. The minimum absolute atomic E-state index is 0.0641. The number of benzene rings is 4. The van der Waals surface area contributed by atoms with E-state index >= 15 is 17.6 Å². The lowest BCUT2D eigenvalue weighted by Gasteiger charge is -2.42. The molecule has 412 valence electrons. The Labute approximate surface area is 435 Å². The monoisotopic (exact) mass is 1070 g/mol. The molecule has 0 bridgehead atoms. The van der Waals surface area contributed by atoms with Gasteiger partial charge >= 0.3 is 0 Å². The van der Waals surface area contributed by atoms with E-state index in [-0.39, 0.29) is 47.4 Å². The predicted octanol–water partition coefficient (Wildman–Crippen LogP) is 10.9. The van der Waals surface area contributed by atoms with Crippen molar-refractivity contribution in [3.63, 3.8) is 0 Å². The predicted molar refractivity (Wildman–Crippen MR) is 274 cm³/mol. The van der Waals surface area contributed by atoms with Crippen LogP contribution in [-0.2, 0) is 12.8 Å². The fourth-order valence-electron chi connectivity index (χ4n) is 11.6. The number of unbranched alkanes of at least 4 members (excludes halogenated alkanes) is 2. The van der Waals surface area contributed by atoms with Gasteiger partial charge in [0.05, 0.1) is 37.3 Å². The normalized spacial score (nSPS) is 21.1. The number of hydrogen-bond acceptors (Lipinski definition) is 8. The second-order valence-electron chi connectivity index (χ2n) is 21.3. The molecule has 6 N–H and O–H groups in total. The molecule has 10 nitrogen and oxygen atoms in total. The lowest BCUT2D eigenvalue weighted by Crippen LogP contribution is -2.54. The molecule has 2 fully saturated rings. The van der Waals surface area contributed by atoms with Crippen molar-refractivity contribution in [1.29, 1.82) is 0 Å². The number of aliphatic hydroxyl groups is 2. The molecule has 10 rings (SSSR count). The van der Waals surface area contributed by atoms with Gasteiger partial charge in [-0.05, 0) is 118 Å². The number of halogens is 10. The highest BCUT2D eigenvalue weighted by Gasteiger charge is 2.46. The number of anilines is 2. The van der Waals surface area contributed by atoms with Crippen molar-refractivity contribution < 1.29 is 54.1 Å². The van der Waals surface area contributed by atoms with Crippen LogP contribution in [0.25, 0.3) is 21.8 Å². The largest absolute Gasteiger partial charge is 0.390 e. The first-order valence-corrected chi connectivity index (χ1v) is 26.2. The Morgan fingerprint density at radius 2 is 1.03 bits per heavy atom. The summed E-state index contributed by atoms with van der Waals surface area (Å²) in [6.07, 6.45) is 4.86. The average molecular weight is 1070 g/mol. The average Bonchev–Trinajstić information content (AvgIpc) is 3.90. The number of nitrogens with zero attached hydrogens (tertiary/aromatic N) is 4. The zero-order valence-corrected chi connectivity index (χ0v) is 43.0. The summed E-state index contributed by atoms with van der Waals surface area (Å²) in [5.41, 5.74) is 2.60. The maximum Gasteiger partial charge on any atom is 0.283 e. The lowest BCUT2D eigenvalue weighted by molar-refractivity contribution is -0.0870. The smallest absolute Gasteiger partial charge is 0.283 e. The van der Waals surface area contributed by atoms with Crippen LogP contribution in [0.1, 0.15) is 99.1 Å². The molecule has 4 aliphatic rings. The van der Waals surface area contributed by atoms with E-state index in [0.29, 0.717) is 44.3 Å². The number of aromatic nitrogens is 2. The van der Waals surface area contributed by atoms with Gasteiger partial charge in [-0.1, -0.05) is 32.8 Å². The molecule has 6 aromatic rings. The summed E-state index contributed by atoms with van der Waals surface area (Å²) in [7, 11) is 0. The molecule has 4 aromatic carbocycles. The molecule has 76 heavy (non-hydrogen) atoms. The highest BCUT2D eigenvalue weighted by molar-refractivity contribution is 5.87. The molecular weight excluding hydrogens is 1010 g/mol. The van der Waals surface area contributed by atoms with Gasteiger partial charge in [-0.2, -0.15) is 0 Å².